The molecule has 0 unspecified atom stereocenters. The SMILES string of the molecule is Cc1cncc(-c2cnccn2)c1. The molecule has 0 aliphatic heterocycles. The molecule has 0 radical (unpaired) electrons. The molecule has 2 heterocycles. The number of aryl methyl sites for hydroxylation is 1. The van der Waals surface area contributed by atoms with Crippen LogP contribution in [-0.2, 0) is 0 Å². The number of rotatable bonds is 1. The molecule has 13 heavy (non-hydrogen) atoms. The van der Waals surface area contributed by atoms with Gasteiger partial charge in [-0.25, -0.2) is 0 Å². The maximum atomic E-state index is 4.19. The predicted molar refractivity (Wildman–Crippen MR) is 50.0 cm³/mol. The third-order valence-electron chi connectivity index (χ3n) is 1.73. The van der Waals surface area contributed by atoms with E-state index >= 15 is 0 Å². The van der Waals surface area contributed by atoms with Crippen molar-refractivity contribution >= 4 is 0 Å². The molecule has 0 saturated carbocycles. The smallest absolute Gasteiger partial charge is 0.0900 e. The highest BCUT2D eigenvalue weighted by atomic mass is 14.8. The van der Waals surface area contributed by atoms with E-state index in [2.05, 4.69) is 15.0 Å². The zero-order valence-corrected chi connectivity index (χ0v) is 7.31. The summed E-state index contributed by atoms with van der Waals surface area (Å²) in [5.74, 6) is 0. The van der Waals surface area contributed by atoms with Gasteiger partial charge in [-0.1, -0.05) is 0 Å². The Hall–Kier alpha value is -1.77. The van der Waals surface area contributed by atoms with Gasteiger partial charge in [0.2, 0.25) is 0 Å². The Bertz CT molecular complexity index is 398. The van der Waals surface area contributed by atoms with Crippen LogP contribution in [0.2, 0.25) is 0 Å². The van der Waals surface area contributed by atoms with Crippen LogP contribution in [0.15, 0.2) is 37.1 Å². The van der Waals surface area contributed by atoms with Crippen LogP contribution in [-0.4, -0.2) is 15.0 Å². The van der Waals surface area contributed by atoms with E-state index < -0.39 is 0 Å². The van der Waals surface area contributed by atoms with Crippen molar-refractivity contribution in [3.8, 4) is 11.3 Å². The Morgan fingerprint density at radius 1 is 1.00 bits per heavy atom. The van der Waals surface area contributed by atoms with Crippen molar-refractivity contribution in [2.24, 2.45) is 0 Å². The van der Waals surface area contributed by atoms with Crippen LogP contribution in [0.5, 0.6) is 0 Å². The highest BCUT2D eigenvalue weighted by Gasteiger charge is 1.97. The van der Waals surface area contributed by atoms with E-state index in [9.17, 15) is 0 Å². The first-order chi connectivity index (χ1) is 6.36. The average Bonchev–Trinajstić information content (AvgIpc) is 2.19. The van der Waals surface area contributed by atoms with Gasteiger partial charge in [-0.2, -0.15) is 0 Å². The molecule has 0 aliphatic rings. The average molecular weight is 171 g/mol. The Morgan fingerprint density at radius 3 is 2.62 bits per heavy atom. The van der Waals surface area contributed by atoms with E-state index in [1.165, 1.54) is 0 Å². The molecule has 0 N–H and O–H groups in total. The third-order valence-corrected chi connectivity index (χ3v) is 1.73. The summed E-state index contributed by atoms with van der Waals surface area (Å²) >= 11 is 0. The molecule has 2 rings (SSSR count). The summed E-state index contributed by atoms with van der Waals surface area (Å²) in [4.78, 5) is 12.3. The summed E-state index contributed by atoms with van der Waals surface area (Å²) in [6.07, 6.45) is 8.68. The fraction of sp³-hybridized carbons (Fsp3) is 0.100. The third kappa shape index (κ3) is 1.69. The van der Waals surface area contributed by atoms with Crippen molar-refractivity contribution in [1.29, 1.82) is 0 Å². The summed E-state index contributed by atoms with van der Waals surface area (Å²) in [6.45, 7) is 2.01. The molecular weight excluding hydrogens is 162 g/mol. The fourth-order valence-electron chi connectivity index (χ4n) is 1.14. The van der Waals surface area contributed by atoms with Crippen molar-refractivity contribution in [2.75, 3.05) is 0 Å². The standard InChI is InChI=1S/C10H9N3/c1-8-4-9(6-12-5-8)10-7-11-2-3-13-10/h2-7H,1H3. The second-order valence-electron chi connectivity index (χ2n) is 2.84. The van der Waals surface area contributed by atoms with Crippen molar-refractivity contribution in [2.45, 2.75) is 6.92 Å². The van der Waals surface area contributed by atoms with Crippen LogP contribution >= 0.6 is 0 Å². The van der Waals surface area contributed by atoms with Gasteiger partial charge in [-0.05, 0) is 18.6 Å². The van der Waals surface area contributed by atoms with E-state index in [0.717, 1.165) is 16.8 Å². The Morgan fingerprint density at radius 2 is 1.92 bits per heavy atom. The molecule has 2 aromatic rings. The maximum Gasteiger partial charge on any atom is 0.0900 e. The van der Waals surface area contributed by atoms with Crippen molar-refractivity contribution < 1.29 is 0 Å². The minimum atomic E-state index is 0.860. The quantitative estimate of drug-likeness (QED) is 0.657. The zero-order valence-electron chi connectivity index (χ0n) is 7.31. The number of hydrogen-bond acceptors (Lipinski definition) is 3. The molecule has 64 valence electrons. The normalized spacial score (nSPS) is 9.92. The van der Waals surface area contributed by atoms with E-state index in [4.69, 9.17) is 0 Å². The fourth-order valence-corrected chi connectivity index (χ4v) is 1.14. The van der Waals surface area contributed by atoms with Gasteiger partial charge in [-0.3, -0.25) is 15.0 Å². The lowest BCUT2D eigenvalue weighted by Crippen LogP contribution is -1.86. The van der Waals surface area contributed by atoms with Gasteiger partial charge in [0.25, 0.3) is 0 Å². The summed E-state index contributed by atoms with van der Waals surface area (Å²) in [7, 11) is 0. The Labute approximate surface area is 76.5 Å². The van der Waals surface area contributed by atoms with Crippen LogP contribution in [0.4, 0.5) is 0 Å². The summed E-state index contributed by atoms with van der Waals surface area (Å²) in [6, 6.07) is 2.04. The minimum Gasteiger partial charge on any atom is -0.264 e. The number of aromatic nitrogens is 3. The van der Waals surface area contributed by atoms with Crippen molar-refractivity contribution in [3.05, 3.63) is 42.6 Å². The van der Waals surface area contributed by atoms with E-state index in [0.29, 0.717) is 0 Å². The monoisotopic (exact) mass is 171 g/mol. The lowest BCUT2D eigenvalue weighted by atomic mass is 10.2. The molecule has 2 aromatic heterocycles. The number of pyridine rings is 1. The van der Waals surface area contributed by atoms with Gasteiger partial charge < -0.3 is 0 Å². The summed E-state index contributed by atoms with van der Waals surface area (Å²) in [5, 5.41) is 0. The van der Waals surface area contributed by atoms with Gasteiger partial charge in [0.1, 0.15) is 0 Å². The molecule has 0 fully saturated rings. The highest BCUT2D eigenvalue weighted by molar-refractivity contribution is 5.56. The van der Waals surface area contributed by atoms with Gasteiger partial charge in [-0.15, -0.1) is 0 Å². The van der Waals surface area contributed by atoms with E-state index in [1.807, 2.05) is 19.2 Å². The molecule has 3 heteroatoms. The van der Waals surface area contributed by atoms with Crippen LogP contribution in [0.1, 0.15) is 5.56 Å². The lowest BCUT2D eigenvalue weighted by molar-refractivity contribution is 1.19. The largest absolute Gasteiger partial charge is 0.264 e. The second-order valence-corrected chi connectivity index (χ2v) is 2.84. The van der Waals surface area contributed by atoms with Crippen LogP contribution in [0.25, 0.3) is 11.3 Å². The highest BCUT2D eigenvalue weighted by Crippen LogP contribution is 2.14. The summed E-state index contributed by atoms with van der Waals surface area (Å²) < 4.78 is 0. The molecule has 0 aliphatic carbocycles. The van der Waals surface area contributed by atoms with Crippen LogP contribution in [0.3, 0.4) is 0 Å². The minimum absolute atomic E-state index is 0.860. The molecule has 0 atom stereocenters. The van der Waals surface area contributed by atoms with Crippen molar-refractivity contribution in [3.63, 3.8) is 0 Å². The van der Waals surface area contributed by atoms with Gasteiger partial charge in [0.15, 0.2) is 0 Å². The molecule has 0 bridgehead atoms. The number of nitrogens with zero attached hydrogens (tertiary/aromatic N) is 3. The van der Waals surface area contributed by atoms with Gasteiger partial charge >= 0.3 is 0 Å². The molecule has 0 aromatic carbocycles. The predicted octanol–water partition coefficient (Wildman–Crippen LogP) is 1.85. The molecule has 0 amide bonds. The van der Waals surface area contributed by atoms with Crippen molar-refractivity contribution in [1.82, 2.24) is 15.0 Å². The second kappa shape index (κ2) is 3.31. The Kier molecular flexibility index (Phi) is 2.00. The van der Waals surface area contributed by atoms with Gasteiger partial charge in [0.05, 0.1) is 11.9 Å². The topological polar surface area (TPSA) is 38.7 Å². The first-order valence-corrected chi connectivity index (χ1v) is 4.04. The van der Waals surface area contributed by atoms with Gasteiger partial charge in [0, 0.05) is 30.4 Å². The maximum absolute atomic E-state index is 4.19. The summed E-state index contributed by atoms with van der Waals surface area (Å²) in [5.41, 5.74) is 3.00. The molecule has 3 nitrogen and oxygen atoms in total. The zero-order chi connectivity index (χ0) is 9.10. The first-order valence-electron chi connectivity index (χ1n) is 4.04. The number of hydrogen-bond donors (Lipinski definition) is 0. The van der Waals surface area contributed by atoms with E-state index in [1.54, 1.807) is 24.8 Å². The van der Waals surface area contributed by atoms with Crippen LogP contribution < -0.4 is 0 Å². The molecule has 0 saturated heterocycles. The van der Waals surface area contributed by atoms with Crippen LogP contribution in [0, 0.1) is 6.92 Å². The lowest BCUT2D eigenvalue weighted by Gasteiger charge is -1.99. The Balaban J connectivity index is 2.48. The first kappa shape index (κ1) is 7.86. The molecule has 0 spiro atoms. The molecular formula is C10H9N3. The van der Waals surface area contributed by atoms with E-state index in [-0.39, 0.29) is 0 Å².